The molecule has 1 aromatic rings. The predicted molar refractivity (Wildman–Crippen MR) is 86.3 cm³/mol. The average molecular weight is 345 g/mol. The molecule has 1 heterocycles. The van der Waals surface area contributed by atoms with Crippen molar-refractivity contribution in [3.8, 4) is 0 Å². The first kappa shape index (κ1) is 17.3. The lowest BCUT2D eigenvalue weighted by molar-refractivity contribution is 0.126. The zero-order valence-corrected chi connectivity index (χ0v) is 14.6. The highest BCUT2D eigenvalue weighted by atomic mass is 79.9. The second-order valence-electron chi connectivity index (χ2n) is 5.99. The lowest BCUT2D eigenvalue weighted by Gasteiger charge is -2.18. The molecule has 114 valence electrons. The van der Waals surface area contributed by atoms with Gasteiger partial charge in [0.2, 0.25) is 0 Å². The Kier molecular flexibility index (Phi) is 6.85. The van der Waals surface area contributed by atoms with Crippen molar-refractivity contribution in [2.45, 2.75) is 26.2 Å². The van der Waals surface area contributed by atoms with Gasteiger partial charge in [0, 0.05) is 24.6 Å². The highest BCUT2D eigenvalue weighted by molar-refractivity contribution is 9.10. The third-order valence-electron chi connectivity index (χ3n) is 2.60. The zero-order chi connectivity index (χ0) is 15.2. The van der Waals surface area contributed by atoms with E-state index in [2.05, 4.69) is 56.9 Å². The van der Waals surface area contributed by atoms with Crippen LogP contribution in [0.4, 0.5) is 5.82 Å². The standard InChI is InChI=1S/C14H25BrN4O/c1-14(2,3)13-17-11(15)10-12(18-13)16-6-8-20-9-7-19(4)5/h10H,6-9H2,1-5H3,(H,16,17,18). The fourth-order valence-corrected chi connectivity index (χ4v) is 1.83. The van der Waals surface area contributed by atoms with Gasteiger partial charge < -0.3 is 15.0 Å². The number of nitrogens with one attached hydrogen (secondary N) is 1. The number of aromatic nitrogens is 2. The molecule has 1 N–H and O–H groups in total. The van der Waals surface area contributed by atoms with Gasteiger partial charge in [-0.1, -0.05) is 20.8 Å². The number of halogens is 1. The molecule has 0 spiro atoms. The largest absolute Gasteiger partial charge is 0.378 e. The summed E-state index contributed by atoms with van der Waals surface area (Å²) in [4.78, 5) is 11.0. The van der Waals surface area contributed by atoms with Crippen molar-refractivity contribution in [2.75, 3.05) is 45.7 Å². The molecule has 0 aliphatic rings. The van der Waals surface area contributed by atoms with Crippen LogP contribution in [-0.2, 0) is 10.2 Å². The van der Waals surface area contributed by atoms with Gasteiger partial charge in [-0.25, -0.2) is 9.97 Å². The van der Waals surface area contributed by atoms with E-state index in [1.54, 1.807) is 0 Å². The Bertz CT molecular complexity index is 418. The number of rotatable bonds is 7. The summed E-state index contributed by atoms with van der Waals surface area (Å²) in [5.74, 6) is 1.65. The Balaban J connectivity index is 2.42. The summed E-state index contributed by atoms with van der Waals surface area (Å²) in [6.45, 7) is 9.39. The van der Waals surface area contributed by atoms with Gasteiger partial charge in [-0.3, -0.25) is 0 Å². The van der Waals surface area contributed by atoms with Crippen molar-refractivity contribution >= 4 is 21.7 Å². The molecule has 0 radical (unpaired) electrons. The molecule has 0 aliphatic carbocycles. The molecule has 0 bridgehead atoms. The molecule has 6 heteroatoms. The van der Waals surface area contributed by atoms with Crippen LogP contribution in [0.1, 0.15) is 26.6 Å². The summed E-state index contributed by atoms with van der Waals surface area (Å²) in [5.41, 5.74) is -0.0670. The van der Waals surface area contributed by atoms with Gasteiger partial charge >= 0.3 is 0 Å². The van der Waals surface area contributed by atoms with Crippen molar-refractivity contribution in [2.24, 2.45) is 0 Å². The maximum atomic E-state index is 5.53. The van der Waals surface area contributed by atoms with Crippen LogP contribution in [0.25, 0.3) is 0 Å². The van der Waals surface area contributed by atoms with Crippen molar-refractivity contribution < 1.29 is 4.74 Å². The summed E-state index contributed by atoms with van der Waals surface area (Å²) in [6.07, 6.45) is 0. The Morgan fingerprint density at radius 2 is 1.95 bits per heavy atom. The van der Waals surface area contributed by atoms with Crippen molar-refractivity contribution in [1.82, 2.24) is 14.9 Å². The van der Waals surface area contributed by atoms with Crippen LogP contribution in [-0.4, -0.2) is 55.3 Å². The van der Waals surface area contributed by atoms with Gasteiger partial charge in [-0.05, 0) is 30.0 Å². The Morgan fingerprint density at radius 1 is 1.25 bits per heavy atom. The highest BCUT2D eigenvalue weighted by Crippen LogP contribution is 2.22. The first-order valence-corrected chi connectivity index (χ1v) is 7.60. The molecule has 0 atom stereocenters. The second-order valence-corrected chi connectivity index (χ2v) is 6.80. The lowest BCUT2D eigenvalue weighted by Crippen LogP contribution is -2.21. The van der Waals surface area contributed by atoms with Crippen molar-refractivity contribution in [3.63, 3.8) is 0 Å². The molecule has 5 nitrogen and oxygen atoms in total. The van der Waals surface area contributed by atoms with Gasteiger partial charge in [0.15, 0.2) is 0 Å². The molecule has 1 aromatic heterocycles. The minimum absolute atomic E-state index is 0.0670. The van der Waals surface area contributed by atoms with Crippen LogP contribution in [0.3, 0.4) is 0 Å². The summed E-state index contributed by atoms with van der Waals surface area (Å²) >= 11 is 3.43. The Labute approximate surface area is 130 Å². The topological polar surface area (TPSA) is 50.3 Å². The summed E-state index contributed by atoms with van der Waals surface area (Å²) < 4.78 is 6.33. The summed E-state index contributed by atoms with van der Waals surface area (Å²) in [5, 5.41) is 3.27. The molecule has 0 aromatic carbocycles. The number of likely N-dealkylation sites (N-methyl/N-ethyl adjacent to an activating group) is 1. The predicted octanol–water partition coefficient (Wildman–Crippen LogP) is 2.53. The Hall–Kier alpha value is -0.720. The molecule has 0 saturated heterocycles. The number of hydrogen-bond acceptors (Lipinski definition) is 5. The van der Waals surface area contributed by atoms with Gasteiger partial charge in [0.1, 0.15) is 16.2 Å². The van der Waals surface area contributed by atoms with E-state index in [4.69, 9.17) is 4.74 Å². The highest BCUT2D eigenvalue weighted by Gasteiger charge is 2.18. The molecule has 0 aliphatic heterocycles. The quantitative estimate of drug-likeness (QED) is 0.608. The monoisotopic (exact) mass is 344 g/mol. The molecular formula is C14H25BrN4O. The van der Waals surface area contributed by atoms with E-state index in [1.165, 1.54) is 0 Å². The minimum Gasteiger partial charge on any atom is -0.378 e. The third-order valence-corrected chi connectivity index (χ3v) is 3.01. The molecule has 20 heavy (non-hydrogen) atoms. The molecule has 0 saturated carbocycles. The normalized spacial score (nSPS) is 11.9. The van der Waals surface area contributed by atoms with Gasteiger partial charge in [-0.2, -0.15) is 0 Å². The summed E-state index contributed by atoms with van der Waals surface area (Å²) in [7, 11) is 4.07. The third kappa shape index (κ3) is 6.63. The van der Waals surface area contributed by atoms with E-state index in [9.17, 15) is 0 Å². The lowest BCUT2D eigenvalue weighted by atomic mass is 9.96. The minimum atomic E-state index is -0.0670. The fraction of sp³-hybridized carbons (Fsp3) is 0.714. The maximum Gasteiger partial charge on any atom is 0.137 e. The van der Waals surface area contributed by atoms with E-state index in [0.29, 0.717) is 6.61 Å². The zero-order valence-electron chi connectivity index (χ0n) is 13.0. The number of anilines is 1. The maximum absolute atomic E-state index is 5.53. The Morgan fingerprint density at radius 3 is 2.55 bits per heavy atom. The van der Waals surface area contributed by atoms with Crippen LogP contribution in [0.2, 0.25) is 0 Å². The van der Waals surface area contributed by atoms with Crippen LogP contribution >= 0.6 is 15.9 Å². The van der Waals surface area contributed by atoms with Crippen LogP contribution in [0.15, 0.2) is 10.7 Å². The molecule has 1 rings (SSSR count). The first-order valence-electron chi connectivity index (χ1n) is 6.80. The van der Waals surface area contributed by atoms with Crippen molar-refractivity contribution in [3.05, 3.63) is 16.5 Å². The average Bonchev–Trinajstić information content (AvgIpc) is 2.31. The van der Waals surface area contributed by atoms with E-state index in [-0.39, 0.29) is 5.41 Å². The summed E-state index contributed by atoms with van der Waals surface area (Å²) in [6, 6.07) is 1.88. The van der Waals surface area contributed by atoms with Crippen LogP contribution in [0, 0.1) is 0 Å². The number of ether oxygens (including phenoxy) is 1. The molecule has 0 amide bonds. The molecule has 0 unspecified atom stereocenters. The number of nitrogens with zero attached hydrogens (tertiary/aromatic N) is 3. The van der Waals surface area contributed by atoms with E-state index >= 15 is 0 Å². The van der Waals surface area contributed by atoms with Gasteiger partial charge in [0.25, 0.3) is 0 Å². The van der Waals surface area contributed by atoms with Crippen LogP contribution in [0.5, 0.6) is 0 Å². The fourth-order valence-electron chi connectivity index (χ4n) is 1.44. The second kappa shape index (κ2) is 7.90. The van der Waals surface area contributed by atoms with E-state index in [1.807, 2.05) is 20.2 Å². The van der Waals surface area contributed by atoms with E-state index in [0.717, 1.165) is 35.9 Å². The smallest absolute Gasteiger partial charge is 0.137 e. The van der Waals surface area contributed by atoms with Gasteiger partial charge in [-0.15, -0.1) is 0 Å². The molecule has 0 fully saturated rings. The SMILES string of the molecule is CN(C)CCOCCNc1cc(Br)nc(C(C)(C)C)n1. The number of hydrogen-bond donors (Lipinski definition) is 1. The van der Waals surface area contributed by atoms with E-state index < -0.39 is 0 Å². The molecular weight excluding hydrogens is 320 g/mol. The first-order chi connectivity index (χ1) is 9.29. The van der Waals surface area contributed by atoms with Gasteiger partial charge in [0.05, 0.1) is 13.2 Å². The van der Waals surface area contributed by atoms with Crippen molar-refractivity contribution in [1.29, 1.82) is 0 Å². The van der Waals surface area contributed by atoms with Crippen LogP contribution < -0.4 is 5.32 Å².